The Balaban J connectivity index is 1.39. The van der Waals surface area contributed by atoms with E-state index in [-0.39, 0.29) is 5.91 Å². The zero-order valence-electron chi connectivity index (χ0n) is 16.2. The van der Waals surface area contributed by atoms with Crippen LogP contribution in [0.2, 0.25) is 0 Å². The van der Waals surface area contributed by atoms with Crippen molar-refractivity contribution in [3.8, 4) is 0 Å². The van der Waals surface area contributed by atoms with E-state index in [0.717, 1.165) is 23.3 Å². The molecule has 0 radical (unpaired) electrons. The number of aromatic nitrogens is 3. The fourth-order valence-electron chi connectivity index (χ4n) is 3.60. The van der Waals surface area contributed by atoms with Crippen molar-refractivity contribution in [2.75, 3.05) is 6.54 Å². The Hall–Kier alpha value is -3.34. The predicted molar refractivity (Wildman–Crippen MR) is 112 cm³/mol. The molecule has 0 bridgehead atoms. The zero-order valence-corrected chi connectivity index (χ0v) is 16.2. The maximum Gasteiger partial charge on any atom is 0.267 e. The monoisotopic (exact) mass is 372 g/mol. The Labute approximate surface area is 164 Å². The van der Waals surface area contributed by atoms with Crippen LogP contribution in [-0.2, 0) is 13.0 Å². The van der Waals surface area contributed by atoms with Crippen LogP contribution >= 0.6 is 0 Å². The molecule has 0 aliphatic carbocycles. The van der Waals surface area contributed by atoms with Crippen LogP contribution in [0.3, 0.4) is 0 Å². The minimum atomic E-state index is -0.0885. The summed E-state index contributed by atoms with van der Waals surface area (Å²) in [6.07, 6.45) is 4.47. The molecule has 2 N–H and O–H groups in total. The fourth-order valence-corrected chi connectivity index (χ4v) is 3.60. The van der Waals surface area contributed by atoms with Gasteiger partial charge in [-0.05, 0) is 42.7 Å². The number of hydrogen-bond acceptors (Lipinski definition) is 2. The van der Waals surface area contributed by atoms with Crippen LogP contribution in [0, 0.1) is 13.8 Å². The summed E-state index contributed by atoms with van der Waals surface area (Å²) in [5.41, 5.74) is 5.18. The molecular formula is C23H24N4O. The van der Waals surface area contributed by atoms with Gasteiger partial charge >= 0.3 is 0 Å². The van der Waals surface area contributed by atoms with E-state index in [4.69, 9.17) is 0 Å². The van der Waals surface area contributed by atoms with Crippen molar-refractivity contribution in [1.29, 1.82) is 0 Å². The Kier molecular flexibility index (Phi) is 4.98. The third-order valence-electron chi connectivity index (χ3n) is 4.97. The van der Waals surface area contributed by atoms with Crippen LogP contribution in [0.5, 0.6) is 0 Å². The molecule has 2 aromatic heterocycles. The number of carbonyl (C=O) groups is 1. The number of hydrogen-bond donors (Lipinski definition) is 2. The topological polar surface area (TPSA) is 62.7 Å². The van der Waals surface area contributed by atoms with Gasteiger partial charge in [0.2, 0.25) is 0 Å². The molecule has 0 aliphatic heterocycles. The van der Waals surface area contributed by atoms with Gasteiger partial charge in [-0.15, -0.1) is 0 Å². The summed E-state index contributed by atoms with van der Waals surface area (Å²) in [5.74, 6) is 0.877. The Morgan fingerprint density at radius 2 is 1.96 bits per heavy atom. The molecular weight excluding hydrogens is 348 g/mol. The van der Waals surface area contributed by atoms with Gasteiger partial charge in [0.25, 0.3) is 5.91 Å². The lowest BCUT2D eigenvalue weighted by Gasteiger charge is -2.08. The van der Waals surface area contributed by atoms with Gasteiger partial charge in [-0.1, -0.05) is 36.4 Å². The van der Waals surface area contributed by atoms with Gasteiger partial charge in [0.15, 0.2) is 0 Å². The highest BCUT2D eigenvalue weighted by Crippen LogP contribution is 2.21. The number of rotatable bonds is 6. The Morgan fingerprint density at radius 3 is 2.79 bits per heavy atom. The molecule has 4 aromatic rings. The maximum atomic E-state index is 12.5. The average molecular weight is 372 g/mol. The van der Waals surface area contributed by atoms with Crippen LogP contribution in [0.1, 0.15) is 33.0 Å². The number of nitrogens with zero attached hydrogens (tertiary/aromatic N) is 2. The van der Waals surface area contributed by atoms with Gasteiger partial charge in [0.05, 0.1) is 0 Å². The van der Waals surface area contributed by atoms with Crippen LogP contribution in [-0.4, -0.2) is 27.0 Å². The van der Waals surface area contributed by atoms with Crippen molar-refractivity contribution in [3.05, 3.63) is 89.1 Å². The van der Waals surface area contributed by atoms with E-state index < -0.39 is 0 Å². The van der Waals surface area contributed by atoms with E-state index in [2.05, 4.69) is 58.0 Å². The van der Waals surface area contributed by atoms with Crippen LogP contribution in [0.15, 0.2) is 60.9 Å². The van der Waals surface area contributed by atoms with E-state index in [0.29, 0.717) is 18.7 Å². The standard InChI is InChI=1S/C23H24N4O/c1-16-12-17(2)19-14-21(26-20(19)13-16)23(28)25-9-8-22-24-10-11-27(22)15-18-6-4-3-5-7-18/h3-7,10-14,26H,8-9,15H2,1-2H3,(H,25,28). The fraction of sp³-hybridized carbons (Fsp3) is 0.217. The predicted octanol–water partition coefficient (Wildman–Crippen LogP) is 4.00. The number of fused-ring (bicyclic) bond motifs is 1. The van der Waals surface area contributed by atoms with Gasteiger partial charge < -0.3 is 14.9 Å². The quantitative estimate of drug-likeness (QED) is 0.537. The van der Waals surface area contributed by atoms with Gasteiger partial charge in [-0.2, -0.15) is 0 Å². The third kappa shape index (κ3) is 3.83. The minimum Gasteiger partial charge on any atom is -0.351 e. The molecule has 2 aromatic carbocycles. The summed E-state index contributed by atoms with van der Waals surface area (Å²) < 4.78 is 2.12. The van der Waals surface area contributed by atoms with Crippen molar-refractivity contribution in [2.45, 2.75) is 26.8 Å². The molecule has 5 nitrogen and oxygen atoms in total. The van der Waals surface area contributed by atoms with Crippen molar-refractivity contribution in [1.82, 2.24) is 19.9 Å². The summed E-state index contributed by atoms with van der Waals surface area (Å²) in [7, 11) is 0. The smallest absolute Gasteiger partial charge is 0.267 e. The first-order valence-corrected chi connectivity index (χ1v) is 9.52. The lowest BCUT2D eigenvalue weighted by atomic mass is 10.1. The first-order valence-electron chi connectivity index (χ1n) is 9.52. The number of aryl methyl sites for hydroxylation is 2. The number of carbonyl (C=O) groups excluding carboxylic acids is 1. The summed E-state index contributed by atoms with van der Waals surface area (Å²) in [5, 5.41) is 4.09. The van der Waals surface area contributed by atoms with Crippen LogP contribution in [0.4, 0.5) is 0 Å². The van der Waals surface area contributed by atoms with E-state index >= 15 is 0 Å². The lowest BCUT2D eigenvalue weighted by Crippen LogP contribution is -2.26. The number of benzene rings is 2. The van der Waals surface area contributed by atoms with Crippen molar-refractivity contribution >= 4 is 16.8 Å². The molecule has 5 heteroatoms. The third-order valence-corrected chi connectivity index (χ3v) is 4.97. The van der Waals surface area contributed by atoms with Crippen molar-refractivity contribution in [2.24, 2.45) is 0 Å². The van der Waals surface area contributed by atoms with Crippen LogP contribution in [0.25, 0.3) is 10.9 Å². The van der Waals surface area contributed by atoms with Crippen molar-refractivity contribution < 1.29 is 4.79 Å². The first kappa shape index (κ1) is 18.0. The van der Waals surface area contributed by atoms with E-state index in [1.165, 1.54) is 16.7 Å². The number of imidazole rings is 1. The molecule has 2 heterocycles. The highest BCUT2D eigenvalue weighted by molar-refractivity contribution is 5.98. The zero-order chi connectivity index (χ0) is 19.5. The second-order valence-electron chi connectivity index (χ2n) is 7.19. The number of aromatic amines is 1. The number of H-pyrrole nitrogens is 1. The molecule has 0 unspecified atom stereocenters. The molecule has 0 aliphatic rings. The minimum absolute atomic E-state index is 0.0885. The van der Waals surface area contributed by atoms with Gasteiger partial charge in [-0.25, -0.2) is 4.98 Å². The normalized spacial score (nSPS) is 11.1. The highest BCUT2D eigenvalue weighted by Gasteiger charge is 2.11. The molecule has 0 saturated heterocycles. The van der Waals surface area contributed by atoms with Crippen LogP contribution < -0.4 is 5.32 Å². The molecule has 0 fully saturated rings. The van der Waals surface area contributed by atoms with Gasteiger partial charge in [0.1, 0.15) is 11.5 Å². The molecule has 0 saturated carbocycles. The summed E-state index contributed by atoms with van der Waals surface area (Å²) in [6.45, 7) is 5.45. The summed E-state index contributed by atoms with van der Waals surface area (Å²) in [4.78, 5) is 20.2. The van der Waals surface area contributed by atoms with Gasteiger partial charge in [0, 0.05) is 42.8 Å². The summed E-state index contributed by atoms with van der Waals surface area (Å²) >= 11 is 0. The second-order valence-corrected chi connectivity index (χ2v) is 7.19. The largest absolute Gasteiger partial charge is 0.351 e. The highest BCUT2D eigenvalue weighted by atomic mass is 16.1. The molecule has 1 amide bonds. The molecule has 0 spiro atoms. The molecule has 0 atom stereocenters. The van der Waals surface area contributed by atoms with E-state index in [1.807, 2.05) is 36.7 Å². The SMILES string of the molecule is Cc1cc(C)c2cc(C(=O)NCCc3nccn3Cc3ccccc3)[nH]c2c1. The van der Waals surface area contributed by atoms with E-state index in [1.54, 1.807) is 0 Å². The molecule has 142 valence electrons. The van der Waals surface area contributed by atoms with E-state index in [9.17, 15) is 4.79 Å². The lowest BCUT2D eigenvalue weighted by molar-refractivity contribution is 0.0949. The van der Waals surface area contributed by atoms with Gasteiger partial charge in [-0.3, -0.25) is 4.79 Å². The number of amides is 1. The Bertz CT molecular complexity index is 1110. The average Bonchev–Trinajstić information content (AvgIpc) is 3.30. The molecule has 4 rings (SSSR count). The Morgan fingerprint density at radius 1 is 1.14 bits per heavy atom. The first-order chi connectivity index (χ1) is 13.6. The number of nitrogens with one attached hydrogen (secondary N) is 2. The molecule has 28 heavy (non-hydrogen) atoms. The summed E-state index contributed by atoms with van der Waals surface area (Å²) in [6, 6.07) is 16.4. The second kappa shape index (κ2) is 7.72. The van der Waals surface area contributed by atoms with Crippen molar-refractivity contribution in [3.63, 3.8) is 0 Å². The maximum absolute atomic E-state index is 12.5.